The third kappa shape index (κ3) is 3.90. The molecule has 0 fully saturated rings. The van der Waals surface area contributed by atoms with Crippen LogP contribution in [-0.2, 0) is 4.79 Å². The van der Waals surface area contributed by atoms with E-state index in [1.54, 1.807) is 37.5 Å². The number of ether oxygens (including phenoxy) is 6. The highest BCUT2D eigenvalue weighted by atomic mass is 16.5. The van der Waals surface area contributed by atoms with E-state index >= 15 is 0 Å². The Morgan fingerprint density at radius 1 is 0.806 bits per heavy atom. The molecule has 184 valence electrons. The molecule has 2 aliphatic rings. The van der Waals surface area contributed by atoms with Crippen molar-refractivity contribution >= 4 is 17.8 Å². The number of esters is 1. The molecular weight excluding hydrogens is 464 g/mol. The molecule has 0 saturated carbocycles. The van der Waals surface area contributed by atoms with Gasteiger partial charge in [-0.25, -0.2) is 0 Å². The molecule has 0 amide bonds. The van der Waals surface area contributed by atoms with Crippen LogP contribution in [0.3, 0.4) is 0 Å². The van der Waals surface area contributed by atoms with E-state index in [2.05, 4.69) is 0 Å². The van der Waals surface area contributed by atoms with Crippen molar-refractivity contribution < 1.29 is 38.0 Å². The minimum absolute atomic E-state index is 0.120. The maximum absolute atomic E-state index is 13.3. The predicted molar refractivity (Wildman–Crippen MR) is 131 cm³/mol. The van der Waals surface area contributed by atoms with Gasteiger partial charge in [-0.05, 0) is 42.0 Å². The van der Waals surface area contributed by atoms with Gasteiger partial charge in [-0.15, -0.1) is 0 Å². The summed E-state index contributed by atoms with van der Waals surface area (Å²) in [6.45, 7) is 0. The van der Waals surface area contributed by atoms with Crippen LogP contribution < -0.4 is 28.4 Å². The van der Waals surface area contributed by atoms with Gasteiger partial charge in [-0.2, -0.15) is 0 Å². The maximum atomic E-state index is 13.3. The van der Waals surface area contributed by atoms with Gasteiger partial charge in [0.05, 0.1) is 40.4 Å². The van der Waals surface area contributed by atoms with Gasteiger partial charge in [0.25, 0.3) is 0 Å². The zero-order chi connectivity index (χ0) is 25.4. The summed E-state index contributed by atoms with van der Waals surface area (Å²) in [7, 11) is 6.18. The number of carbonyl (C=O) groups is 2. The third-order valence-corrected chi connectivity index (χ3v) is 6.32. The summed E-state index contributed by atoms with van der Waals surface area (Å²) < 4.78 is 33.2. The molecule has 0 aromatic heterocycles. The minimum Gasteiger partial charge on any atom is -0.497 e. The summed E-state index contributed by atoms with van der Waals surface area (Å²) in [6.07, 6.45) is 1.72. The molecule has 5 rings (SSSR count). The number of benzene rings is 3. The lowest BCUT2D eigenvalue weighted by Crippen LogP contribution is -2.21. The van der Waals surface area contributed by atoms with Gasteiger partial charge < -0.3 is 28.4 Å². The Labute approximate surface area is 207 Å². The second-order valence-corrected chi connectivity index (χ2v) is 8.25. The van der Waals surface area contributed by atoms with E-state index in [0.29, 0.717) is 51.2 Å². The SMILES string of the molecule is COc1ccc([C@@H]2CC(=O)Oc3ccc4c(c32)O/C(=C/c2cc(OC)c(OC)cc2OC)C4=O)cc1. The first-order valence-electron chi connectivity index (χ1n) is 11.2. The highest BCUT2D eigenvalue weighted by Gasteiger charge is 2.38. The number of carbonyl (C=O) groups excluding carboxylic acids is 2. The van der Waals surface area contributed by atoms with E-state index in [-0.39, 0.29) is 29.9 Å². The molecule has 0 unspecified atom stereocenters. The molecule has 3 aromatic carbocycles. The summed E-state index contributed by atoms with van der Waals surface area (Å²) in [5.41, 5.74) is 2.53. The van der Waals surface area contributed by atoms with Gasteiger partial charge in [0.2, 0.25) is 5.78 Å². The number of ketones is 1. The molecule has 3 aromatic rings. The second-order valence-electron chi connectivity index (χ2n) is 8.25. The Hall–Kier alpha value is -4.46. The van der Waals surface area contributed by atoms with Crippen LogP contribution in [0, 0.1) is 0 Å². The Balaban J connectivity index is 1.59. The molecule has 0 aliphatic carbocycles. The van der Waals surface area contributed by atoms with Gasteiger partial charge in [0.15, 0.2) is 17.3 Å². The highest BCUT2D eigenvalue weighted by Crippen LogP contribution is 2.49. The number of allylic oxidation sites excluding steroid dienone is 1. The summed E-state index contributed by atoms with van der Waals surface area (Å²) >= 11 is 0. The normalized spacial score (nSPS) is 17.1. The quantitative estimate of drug-likeness (QED) is 0.278. The van der Waals surface area contributed by atoms with Crippen LogP contribution in [0.5, 0.6) is 34.5 Å². The molecule has 1 atom stereocenters. The van der Waals surface area contributed by atoms with Gasteiger partial charge in [-0.1, -0.05) is 12.1 Å². The monoisotopic (exact) mass is 488 g/mol. The average molecular weight is 488 g/mol. The molecule has 2 heterocycles. The van der Waals surface area contributed by atoms with Gasteiger partial charge in [-0.3, -0.25) is 9.59 Å². The standard InChI is InChI=1S/C28H24O8/c1-31-17-7-5-15(6-8-17)19-13-25(29)35-20-10-9-18-27(30)24(36-28(18)26(19)20)12-16-11-22(33-3)23(34-4)14-21(16)32-2/h5-12,14,19H,13H2,1-4H3/b24-12+/t19-/m0/s1. The Morgan fingerprint density at radius 3 is 2.17 bits per heavy atom. The molecule has 8 nitrogen and oxygen atoms in total. The topological polar surface area (TPSA) is 89.5 Å². The number of hydrogen-bond acceptors (Lipinski definition) is 8. The number of rotatable bonds is 6. The van der Waals surface area contributed by atoms with Crippen molar-refractivity contribution in [2.24, 2.45) is 0 Å². The Morgan fingerprint density at radius 2 is 1.50 bits per heavy atom. The van der Waals surface area contributed by atoms with Crippen molar-refractivity contribution in [1.82, 2.24) is 0 Å². The fourth-order valence-electron chi connectivity index (χ4n) is 4.53. The van der Waals surface area contributed by atoms with Crippen molar-refractivity contribution in [3.8, 4) is 34.5 Å². The van der Waals surface area contributed by atoms with Gasteiger partial charge in [0.1, 0.15) is 23.0 Å². The zero-order valence-corrected chi connectivity index (χ0v) is 20.2. The minimum atomic E-state index is -0.349. The van der Waals surface area contributed by atoms with Crippen molar-refractivity contribution in [3.05, 3.63) is 76.5 Å². The molecular formula is C28H24O8. The van der Waals surface area contributed by atoms with E-state index in [1.165, 1.54) is 21.3 Å². The fraction of sp³-hybridized carbons (Fsp3) is 0.214. The number of fused-ring (bicyclic) bond motifs is 3. The first kappa shape index (κ1) is 23.3. The largest absolute Gasteiger partial charge is 0.497 e. The molecule has 0 bridgehead atoms. The summed E-state index contributed by atoms with van der Waals surface area (Å²) in [5.74, 6) is 2.08. The van der Waals surface area contributed by atoms with Crippen LogP contribution in [0.15, 0.2) is 54.3 Å². The van der Waals surface area contributed by atoms with Gasteiger partial charge in [0, 0.05) is 23.1 Å². The number of hydrogen-bond donors (Lipinski definition) is 0. The van der Waals surface area contributed by atoms with Crippen molar-refractivity contribution in [1.29, 1.82) is 0 Å². The molecule has 0 spiro atoms. The average Bonchev–Trinajstić information content (AvgIpc) is 3.22. The van der Waals surface area contributed by atoms with Gasteiger partial charge >= 0.3 is 5.97 Å². The predicted octanol–water partition coefficient (Wildman–Crippen LogP) is 4.78. The summed E-state index contributed by atoms with van der Waals surface area (Å²) in [6, 6.07) is 14.1. The molecule has 0 N–H and O–H groups in total. The number of methoxy groups -OCH3 is 4. The van der Waals surface area contributed by atoms with Crippen LogP contribution in [0.2, 0.25) is 0 Å². The first-order chi connectivity index (χ1) is 17.5. The van der Waals surface area contributed by atoms with Crippen LogP contribution in [-0.4, -0.2) is 40.2 Å². The molecule has 2 aliphatic heterocycles. The van der Waals surface area contributed by atoms with E-state index in [1.807, 2.05) is 24.3 Å². The van der Waals surface area contributed by atoms with E-state index < -0.39 is 0 Å². The van der Waals surface area contributed by atoms with Crippen molar-refractivity contribution in [3.63, 3.8) is 0 Å². The smallest absolute Gasteiger partial charge is 0.312 e. The van der Waals surface area contributed by atoms with Crippen LogP contribution in [0.4, 0.5) is 0 Å². The number of Topliss-reactive ketones (excluding diaryl/α,β-unsaturated/α-hetero) is 1. The third-order valence-electron chi connectivity index (χ3n) is 6.32. The van der Waals surface area contributed by atoms with Crippen LogP contribution in [0.25, 0.3) is 6.08 Å². The lowest BCUT2D eigenvalue weighted by Gasteiger charge is -2.26. The fourth-order valence-corrected chi connectivity index (χ4v) is 4.53. The van der Waals surface area contributed by atoms with E-state index in [0.717, 1.165) is 5.56 Å². The molecule has 36 heavy (non-hydrogen) atoms. The summed E-state index contributed by atoms with van der Waals surface area (Å²) in [4.78, 5) is 25.7. The van der Waals surface area contributed by atoms with Crippen molar-refractivity contribution in [2.75, 3.05) is 28.4 Å². The maximum Gasteiger partial charge on any atom is 0.312 e. The summed E-state index contributed by atoms with van der Waals surface area (Å²) in [5, 5.41) is 0. The van der Waals surface area contributed by atoms with E-state index in [4.69, 9.17) is 28.4 Å². The lowest BCUT2D eigenvalue weighted by molar-refractivity contribution is -0.135. The Kier molecular flexibility index (Phi) is 6.01. The highest BCUT2D eigenvalue weighted by molar-refractivity contribution is 6.15. The molecule has 8 heteroatoms. The molecule has 0 radical (unpaired) electrons. The van der Waals surface area contributed by atoms with Crippen LogP contribution >= 0.6 is 0 Å². The Bertz CT molecular complexity index is 1390. The first-order valence-corrected chi connectivity index (χ1v) is 11.2. The lowest BCUT2D eigenvalue weighted by atomic mass is 9.84. The molecule has 0 saturated heterocycles. The van der Waals surface area contributed by atoms with Crippen molar-refractivity contribution in [2.45, 2.75) is 12.3 Å². The zero-order valence-electron chi connectivity index (χ0n) is 20.2. The van der Waals surface area contributed by atoms with E-state index in [9.17, 15) is 9.59 Å². The second kappa shape index (κ2) is 9.30. The van der Waals surface area contributed by atoms with Crippen LogP contribution in [0.1, 0.15) is 39.4 Å².